The number of rotatable bonds is 0. The fourth-order valence-corrected chi connectivity index (χ4v) is 1.83. The minimum absolute atomic E-state index is 0.0903. The molecule has 2 unspecified atom stereocenters. The smallest absolute Gasteiger partial charge is 0.0665 e. The van der Waals surface area contributed by atoms with E-state index in [1.165, 1.54) is 19.3 Å². The van der Waals surface area contributed by atoms with E-state index in [-0.39, 0.29) is 6.10 Å². The van der Waals surface area contributed by atoms with Crippen LogP contribution in [0.5, 0.6) is 0 Å². The predicted molar refractivity (Wildman–Crippen MR) is 41.8 cm³/mol. The molecule has 1 aliphatic carbocycles. The average Bonchev–Trinajstić information content (AvgIpc) is 1.99. The number of aliphatic hydroxyl groups is 1. The summed E-state index contributed by atoms with van der Waals surface area (Å²) >= 11 is 3.45. The van der Waals surface area contributed by atoms with Crippen molar-refractivity contribution in [1.82, 2.24) is 0 Å². The molecule has 0 aliphatic heterocycles. The summed E-state index contributed by atoms with van der Waals surface area (Å²) in [6.45, 7) is 0. The van der Waals surface area contributed by atoms with Crippen molar-refractivity contribution in [1.29, 1.82) is 0 Å². The lowest BCUT2D eigenvalue weighted by Gasteiger charge is -2.11. The van der Waals surface area contributed by atoms with Crippen LogP contribution in [0, 0.1) is 0 Å². The van der Waals surface area contributed by atoms with E-state index in [4.69, 9.17) is 0 Å². The Morgan fingerprint density at radius 2 is 1.78 bits per heavy atom. The van der Waals surface area contributed by atoms with E-state index in [0.717, 1.165) is 12.8 Å². The first-order valence-corrected chi connectivity index (χ1v) is 4.54. The molecule has 0 aromatic rings. The van der Waals surface area contributed by atoms with E-state index in [1.807, 2.05) is 0 Å². The highest BCUT2D eigenvalue weighted by Gasteiger charge is 2.17. The maximum absolute atomic E-state index is 9.31. The molecule has 0 radical (unpaired) electrons. The number of hydrogen-bond acceptors (Lipinski definition) is 1. The lowest BCUT2D eigenvalue weighted by molar-refractivity contribution is 0.165. The number of alkyl halides is 1. The van der Waals surface area contributed by atoms with Crippen molar-refractivity contribution in [3.05, 3.63) is 0 Å². The van der Waals surface area contributed by atoms with Crippen LogP contribution in [0.1, 0.15) is 32.1 Å². The monoisotopic (exact) mass is 192 g/mol. The highest BCUT2D eigenvalue weighted by Crippen LogP contribution is 2.23. The Kier molecular flexibility index (Phi) is 2.99. The fourth-order valence-electron chi connectivity index (χ4n) is 1.24. The van der Waals surface area contributed by atoms with Crippen LogP contribution >= 0.6 is 15.9 Å². The molecule has 9 heavy (non-hydrogen) atoms. The Hall–Kier alpha value is 0.440. The highest BCUT2D eigenvalue weighted by molar-refractivity contribution is 9.09. The summed E-state index contributed by atoms with van der Waals surface area (Å²) in [5, 5.41) is 9.31. The van der Waals surface area contributed by atoms with Gasteiger partial charge in [0.15, 0.2) is 0 Å². The summed E-state index contributed by atoms with van der Waals surface area (Å²) in [7, 11) is 0. The van der Waals surface area contributed by atoms with Crippen LogP contribution in [0.3, 0.4) is 0 Å². The Labute approximate surface area is 64.6 Å². The Morgan fingerprint density at radius 3 is 2.56 bits per heavy atom. The Balaban J connectivity index is 2.32. The molecule has 0 bridgehead atoms. The summed E-state index contributed by atoms with van der Waals surface area (Å²) in [4.78, 5) is 0.361. The molecule has 1 nitrogen and oxygen atoms in total. The lowest BCUT2D eigenvalue weighted by Crippen LogP contribution is -2.17. The summed E-state index contributed by atoms with van der Waals surface area (Å²) in [5.41, 5.74) is 0. The van der Waals surface area contributed by atoms with Gasteiger partial charge in [0.1, 0.15) is 0 Å². The molecule has 1 N–H and O–H groups in total. The molecular weight excluding hydrogens is 180 g/mol. The molecule has 0 saturated heterocycles. The molecule has 0 aromatic heterocycles. The van der Waals surface area contributed by atoms with Gasteiger partial charge in [-0.15, -0.1) is 0 Å². The summed E-state index contributed by atoms with van der Waals surface area (Å²) < 4.78 is 0. The van der Waals surface area contributed by atoms with Gasteiger partial charge in [0.25, 0.3) is 0 Å². The summed E-state index contributed by atoms with van der Waals surface area (Å²) in [6, 6.07) is 0. The number of aliphatic hydroxyl groups excluding tert-OH is 1. The first kappa shape index (κ1) is 7.55. The van der Waals surface area contributed by atoms with Crippen molar-refractivity contribution < 1.29 is 5.11 Å². The van der Waals surface area contributed by atoms with E-state index in [0.29, 0.717) is 4.83 Å². The molecule has 1 rings (SSSR count). The minimum atomic E-state index is -0.0903. The van der Waals surface area contributed by atoms with Gasteiger partial charge >= 0.3 is 0 Å². The Morgan fingerprint density at radius 1 is 1.11 bits per heavy atom. The van der Waals surface area contributed by atoms with Gasteiger partial charge in [-0.1, -0.05) is 35.2 Å². The van der Waals surface area contributed by atoms with Crippen molar-refractivity contribution in [2.75, 3.05) is 0 Å². The van der Waals surface area contributed by atoms with Gasteiger partial charge in [0.05, 0.1) is 6.10 Å². The highest BCUT2D eigenvalue weighted by atomic mass is 79.9. The van der Waals surface area contributed by atoms with Crippen LogP contribution in [0.4, 0.5) is 0 Å². The standard InChI is InChI=1S/C7H13BrO/c8-6-4-2-1-3-5-7(6)9/h6-7,9H,1-5H2. The molecule has 2 heteroatoms. The maximum Gasteiger partial charge on any atom is 0.0665 e. The molecule has 1 aliphatic rings. The topological polar surface area (TPSA) is 20.2 Å². The van der Waals surface area contributed by atoms with Gasteiger partial charge in [0, 0.05) is 4.83 Å². The van der Waals surface area contributed by atoms with E-state index in [1.54, 1.807) is 0 Å². The van der Waals surface area contributed by atoms with E-state index < -0.39 is 0 Å². The van der Waals surface area contributed by atoms with Gasteiger partial charge in [-0.05, 0) is 12.8 Å². The first-order valence-electron chi connectivity index (χ1n) is 3.63. The molecule has 0 amide bonds. The van der Waals surface area contributed by atoms with Crippen LogP contribution in [-0.2, 0) is 0 Å². The predicted octanol–water partition coefficient (Wildman–Crippen LogP) is 2.07. The first-order chi connectivity index (χ1) is 4.30. The zero-order chi connectivity index (χ0) is 6.69. The van der Waals surface area contributed by atoms with Crippen molar-refractivity contribution in [3.8, 4) is 0 Å². The third-order valence-electron chi connectivity index (χ3n) is 1.90. The van der Waals surface area contributed by atoms with E-state index >= 15 is 0 Å². The summed E-state index contributed by atoms with van der Waals surface area (Å²) in [6.07, 6.45) is 5.79. The second kappa shape index (κ2) is 3.57. The van der Waals surface area contributed by atoms with Gasteiger partial charge in [-0.25, -0.2) is 0 Å². The SMILES string of the molecule is OC1CCCCCC1Br. The van der Waals surface area contributed by atoms with Crippen molar-refractivity contribution >= 4 is 15.9 Å². The number of hydrogen-bond donors (Lipinski definition) is 1. The third-order valence-corrected chi connectivity index (χ3v) is 2.97. The lowest BCUT2D eigenvalue weighted by atomic mass is 10.2. The van der Waals surface area contributed by atoms with Crippen LogP contribution in [0.15, 0.2) is 0 Å². The molecule has 1 fully saturated rings. The van der Waals surface area contributed by atoms with E-state index in [2.05, 4.69) is 15.9 Å². The average molecular weight is 193 g/mol. The second-order valence-electron chi connectivity index (χ2n) is 2.72. The summed E-state index contributed by atoms with van der Waals surface area (Å²) in [5.74, 6) is 0. The zero-order valence-corrected chi connectivity index (χ0v) is 7.10. The van der Waals surface area contributed by atoms with Crippen LogP contribution in [0.2, 0.25) is 0 Å². The Bertz CT molecular complexity index is 75.0. The van der Waals surface area contributed by atoms with Crippen molar-refractivity contribution in [2.45, 2.75) is 43.0 Å². The second-order valence-corrected chi connectivity index (χ2v) is 3.90. The molecule has 0 aromatic carbocycles. The van der Waals surface area contributed by atoms with Gasteiger partial charge < -0.3 is 5.11 Å². The fraction of sp³-hybridized carbons (Fsp3) is 1.00. The van der Waals surface area contributed by atoms with Gasteiger partial charge in [0.2, 0.25) is 0 Å². The van der Waals surface area contributed by atoms with Crippen LogP contribution in [-0.4, -0.2) is 16.0 Å². The van der Waals surface area contributed by atoms with Crippen molar-refractivity contribution in [3.63, 3.8) is 0 Å². The number of halogens is 1. The quantitative estimate of drug-likeness (QED) is 0.461. The largest absolute Gasteiger partial charge is 0.392 e. The van der Waals surface area contributed by atoms with Crippen LogP contribution in [0.25, 0.3) is 0 Å². The third kappa shape index (κ3) is 2.26. The van der Waals surface area contributed by atoms with Gasteiger partial charge in [-0.3, -0.25) is 0 Å². The maximum atomic E-state index is 9.31. The van der Waals surface area contributed by atoms with Crippen LogP contribution < -0.4 is 0 Å². The molecule has 0 heterocycles. The zero-order valence-electron chi connectivity index (χ0n) is 5.52. The minimum Gasteiger partial charge on any atom is -0.392 e. The van der Waals surface area contributed by atoms with Crippen molar-refractivity contribution in [2.24, 2.45) is 0 Å². The van der Waals surface area contributed by atoms with Gasteiger partial charge in [-0.2, -0.15) is 0 Å². The normalized spacial score (nSPS) is 38.0. The molecule has 54 valence electrons. The molecule has 1 saturated carbocycles. The van der Waals surface area contributed by atoms with E-state index in [9.17, 15) is 5.11 Å². The molecule has 0 spiro atoms. The molecular formula is C7H13BrO. The molecule has 2 atom stereocenters.